The van der Waals surface area contributed by atoms with E-state index in [0.29, 0.717) is 26.1 Å². The molecule has 0 aromatic heterocycles. The summed E-state index contributed by atoms with van der Waals surface area (Å²) in [5, 5.41) is 2.46. The number of nitrogens with two attached hydrogens (primary N) is 1. The van der Waals surface area contributed by atoms with Gasteiger partial charge in [-0.25, -0.2) is 0 Å². The number of hydrogen-bond donors (Lipinski definition) is 2. The molecule has 0 radical (unpaired) electrons. The fourth-order valence-corrected chi connectivity index (χ4v) is 2.56. The van der Waals surface area contributed by atoms with Crippen molar-refractivity contribution < 1.29 is 22.8 Å². The summed E-state index contributed by atoms with van der Waals surface area (Å²) in [6.45, 7) is 1.00. The number of nitrogens with one attached hydrogen (secondary N) is 1. The smallest absolute Gasteiger partial charge is 0.343 e. The van der Waals surface area contributed by atoms with Gasteiger partial charge >= 0.3 is 6.18 Å². The van der Waals surface area contributed by atoms with Crippen LogP contribution < -0.4 is 11.1 Å². The molecular formula is C20H22F3N3O2. The Hall–Kier alpha value is -2.87. The average molecular weight is 393 g/mol. The number of alkyl halides is 3. The lowest BCUT2D eigenvalue weighted by atomic mass is 10.1. The Morgan fingerprint density at radius 1 is 1.00 bits per heavy atom. The highest BCUT2D eigenvalue weighted by atomic mass is 19.4. The van der Waals surface area contributed by atoms with Crippen LogP contribution >= 0.6 is 0 Å². The molecule has 0 spiro atoms. The summed E-state index contributed by atoms with van der Waals surface area (Å²) in [5.41, 5.74) is 5.69. The second-order valence-corrected chi connectivity index (χ2v) is 6.20. The first-order valence-electron chi connectivity index (χ1n) is 8.78. The number of benzene rings is 2. The molecule has 0 aliphatic carbocycles. The number of halogens is 3. The van der Waals surface area contributed by atoms with Crippen LogP contribution in [0.15, 0.2) is 54.6 Å². The zero-order chi connectivity index (χ0) is 20.6. The number of nitrogens with zero attached hydrogens (tertiary/aromatic N) is 1. The van der Waals surface area contributed by atoms with Crippen molar-refractivity contribution in [3.05, 3.63) is 71.3 Å². The largest absolute Gasteiger partial charge is 0.416 e. The molecule has 0 aliphatic heterocycles. The average Bonchev–Trinajstić information content (AvgIpc) is 2.69. The van der Waals surface area contributed by atoms with E-state index in [9.17, 15) is 22.8 Å². The minimum atomic E-state index is -4.47. The Kier molecular flexibility index (Phi) is 7.57. The Bertz CT molecular complexity index is 778. The molecular weight excluding hydrogens is 371 g/mol. The predicted molar refractivity (Wildman–Crippen MR) is 99.3 cm³/mol. The molecule has 2 rings (SSSR count). The molecule has 0 heterocycles. The summed E-state index contributed by atoms with van der Waals surface area (Å²) in [5.74, 6) is -0.905. The first kappa shape index (κ1) is 21.4. The van der Waals surface area contributed by atoms with Crippen molar-refractivity contribution >= 4 is 11.8 Å². The van der Waals surface area contributed by atoms with Gasteiger partial charge in [0.05, 0.1) is 12.1 Å². The van der Waals surface area contributed by atoms with Gasteiger partial charge in [0.2, 0.25) is 5.91 Å². The Morgan fingerprint density at radius 3 is 2.21 bits per heavy atom. The zero-order valence-electron chi connectivity index (χ0n) is 15.2. The van der Waals surface area contributed by atoms with Crippen LogP contribution in [0.5, 0.6) is 0 Å². The quantitative estimate of drug-likeness (QED) is 0.724. The summed E-state index contributed by atoms with van der Waals surface area (Å²) in [7, 11) is 0. The SMILES string of the molecule is NCCCN(Cc1ccccc1)C(=O)CNC(=O)c1ccc(C(F)(F)F)cc1. The molecule has 0 atom stereocenters. The van der Waals surface area contributed by atoms with Crippen molar-refractivity contribution in [2.75, 3.05) is 19.6 Å². The minimum Gasteiger partial charge on any atom is -0.343 e. The van der Waals surface area contributed by atoms with Crippen LogP contribution in [0.3, 0.4) is 0 Å². The van der Waals surface area contributed by atoms with Crippen molar-refractivity contribution in [3.8, 4) is 0 Å². The topological polar surface area (TPSA) is 75.4 Å². The van der Waals surface area contributed by atoms with E-state index in [0.717, 1.165) is 29.8 Å². The lowest BCUT2D eigenvalue weighted by Gasteiger charge is -2.23. The second kappa shape index (κ2) is 9.89. The monoisotopic (exact) mass is 393 g/mol. The normalized spacial score (nSPS) is 11.1. The van der Waals surface area contributed by atoms with Crippen LogP contribution in [0.2, 0.25) is 0 Å². The molecule has 5 nitrogen and oxygen atoms in total. The highest BCUT2D eigenvalue weighted by Crippen LogP contribution is 2.29. The molecule has 2 aromatic rings. The number of carbonyl (C=O) groups is 2. The van der Waals surface area contributed by atoms with Crippen molar-refractivity contribution in [1.29, 1.82) is 0 Å². The van der Waals surface area contributed by atoms with Gasteiger partial charge in [-0.15, -0.1) is 0 Å². The van der Waals surface area contributed by atoms with E-state index in [2.05, 4.69) is 5.32 Å². The van der Waals surface area contributed by atoms with Gasteiger partial charge in [-0.1, -0.05) is 30.3 Å². The second-order valence-electron chi connectivity index (χ2n) is 6.20. The van der Waals surface area contributed by atoms with E-state index in [1.807, 2.05) is 30.3 Å². The lowest BCUT2D eigenvalue weighted by Crippen LogP contribution is -2.40. The van der Waals surface area contributed by atoms with Crippen molar-refractivity contribution in [1.82, 2.24) is 10.2 Å². The third kappa shape index (κ3) is 6.38. The summed E-state index contributed by atoms with van der Waals surface area (Å²) in [4.78, 5) is 26.2. The van der Waals surface area contributed by atoms with Crippen LogP contribution in [0.4, 0.5) is 13.2 Å². The first-order valence-corrected chi connectivity index (χ1v) is 8.78. The third-order valence-electron chi connectivity index (χ3n) is 4.08. The molecule has 0 unspecified atom stereocenters. The molecule has 0 bridgehead atoms. The van der Waals surface area contributed by atoms with E-state index in [1.165, 1.54) is 0 Å². The molecule has 0 saturated heterocycles. The molecule has 150 valence electrons. The van der Waals surface area contributed by atoms with Gasteiger partial charge < -0.3 is 16.0 Å². The molecule has 3 N–H and O–H groups in total. The summed E-state index contributed by atoms with van der Waals surface area (Å²) >= 11 is 0. The Balaban J connectivity index is 1.95. The van der Waals surface area contributed by atoms with E-state index < -0.39 is 17.6 Å². The van der Waals surface area contributed by atoms with Gasteiger partial charge in [-0.2, -0.15) is 13.2 Å². The number of rotatable bonds is 8. The minimum absolute atomic E-state index is 0.0531. The summed E-state index contributed by atoms with van der Waals surface area (Å²) < 4.78 is 37.8. The van der Waals surface area contributed by atoms with E-state index in [1.54, 1.807) is 4.90 Å². The van der Waals surface area contributed by atoms with Crippen molar-refractivity contribution in [2.45, 2.75) is 19.1 Å². The number of amides is 2. The van der Waals surface area contributed by atoms with Crippen molar-refractivity contribution in [3.63, 3.8) is 0 Å². The van der Waals surface area contributed by atoms with Gasteiger partial charge in [0.1, 0.15) is 0 Å². The van der Waals surface area contributed by atoms with Crippen LogP contribution in [0.25, 0.3) is 0 Å². The Labute approximate surface area is 161 Å². The standard InChI is InChI=1S/C20H22F3N3O2/c21-20(22,23)17-9-7-16(8-10-17)19(28)25-13-18(27)26(12-4-11-24)14-15-5-2-1-3-6-15/h1-3,5-10H,4,11-14,24H2,(H,25,28). The third-order valence-corrected chi connectivity index (χ3v) is 4.08. The van der Waals surface area contributed by atoms with Gasteiger partial charge in [0.25, 0.3) is 5.91 Å². The van der Waals surface area contributed by atoms with Gasteiger partial charge in [0.15, 0.2) is 0 Å². The molecule has 0 saturated carbocycles. The summed E-state index contributed by atoms with van der Waals surface area (Å²) in [6, 6.07) is 13.2. The molecule has 2 aromatic carbocycles. The number of carbonyl (C=O) groups excluding carboxylic acids is 2. The van der Waals surface area contributed by atoms with E-state index >= 15 is 0 Å². The number of hydrogen-bond acceptors (Lipinski definition) is 3. The Morgan fingerprint density at radius 2 is 1.64 bits per heavy atom. The fraction of sp³-hybridized carbons (Fsp3) is 0.300. The van der Waals surface area contributed by atoms with Crippen molar-refractivity contribution in [2.24, 2.45) is 5.73 Å². The maximum atomic E-state index is 12.6. The van der Waals surface area contributed by atoms with Crippen LogP contribution in [-0.4, -0.2) is 36.3 Å². The molecule has 0 fully saturated rings. The van der Waals surface area contributed by atoms with Gasteiger partial charge in [-0.05, 0) is 42.8 Å². The van der Waals surface area contributed by atoms with Crippen LogP contribution in [0.1, 0.15) is 27.9 Å². The highest BCUT2D eigenvalue weighted by molar-refractivity contribution is 5.96. The predicted octanol–water partition coefficient (Wildman–Crippen LogP) is 2.81. The van der Waals surface area contributed by atoms with Gasteiger partial charge in [0, 0.05) is 18.7 Å². The molecule has 8 heteroatoms. The summed E-state index contributed by atoms with van der Waals surface area (Å²) in [6.07, 6.45) is -3.85. The van der Waals surface area contributed by atoms with E-state index in [-0.39, 0.29) is 18.0 Å². The van der Waals surface area contributed by atoms with Gasteiger partial charge in [-0.3, -0.25) is 9.59 Å². The van der Waals surface area contributed by atoms with Crippen LogP contribution in [-0.2, 0) is 17.5 Å². The zero-order valence-corrected chi connectivity index (χ0v) is 15.2. The molecule has 28 heavy (non-hydrogen) atoms. The highest BCUT2D eigenvalue weighted by Gasteiger charge is 2.30. The first-order chi connectivity index (χ1) is 13.3. The fourth-order valence-electron chi connectivity index (χ4n) is 2.56. The van der Waals surface area contributed by atoms with E-state index in [4.69, 9.17) is 5.73 Å². The maximum absolute atomic E-state index is 12.6. The maximum Gasteiger partial charge on any atom is 0.416 e. The molecule has 0 aliphatic rings. The van der Waals surface area contributed by atoms with Crippen LogP contribution in [0, 0.1) is 0 Å². The lowest BCUT2D eigenvalue weighted by molar-refractivity contribution is -0.137. The molecule has 2 amide bonds.